The number of hydrogen-bond donors (Lipinski definition) is 2. The van der Waals surface area contributed by atoms with Gasteiger partial charge in [0, 0.05) is 35.3 Å². The van der Waals surface area contributed by atoms with E-state index in [1.807, 2.05) is 42.5 Å². The lowest BCUT2D eigenvalue weighted by atomic mass is 10.2. The number of thiazole rings is 1. The monoisotopic (exact) mass is 455 g/mol. The van der Waals surface area contributed by atoms with Crippen LogP contribution in [-0.2, 0) is 4.79 Å². The number of amides is 1. The number of nitrogens with one attached hydrogen (secondary N) is 2. The van der Waals surface area contributed by atoms with Gasteiger partial charge >= 0.3 is 0 Å². The average molecular weight is 455 g/mol. The van der Waals surface area contributed by atoms with E-state index in [1.54, 1.807) is 11.3 Å². The fourth-order valence-electron chi connectivity index (χ4n) is 3.03. The molecule has 0 saturated carbocycles. The van der Waals surface area contributed by atoms with Crippen LogP contribution in [0.25, 0.3) is 20.8 Å². The lowest BCUT2D eigenvalue weighted by Gasteiger charge is -2.05. The maximum atomic E-state index is 12.3. The number of anilines is 2. The van der Waals surface area contributed by atoms with E-state index in [2.05, 4.69) is 28.6 Å². The quantitative estimate of drug-likeness (QED) is 0.168. The molecule has 0 aliphatic heterocycles. The minimum absolute atomic E-state index is 0.0878. The summed E-state index contributed by atoms with van der Waals surface area (Å²) in [6, 6.07) is 20.9. The van der Waals surface area contributed by atoms with Gasteiger partial charge < -0.3 is 10.6 Å². The molecule has 4 aromatic rings. The molecule has 2 N–H and O–H groups in total. The number of aryl methyl sites for hydroxylation is 1. The van der Waals surface area contributed by atoms with Crippen LogP contribution in [-0.4, -0.2) is 15.8 Å². The summed E-state index contributed by atoms with van der Waals surface area (Å²) in [6.07, 6.45) is 1.32. The molecule has 0 saturated heterocycles. The van der Waals surface area contributed by atoms with Gasteiger partial charge in [0.05, 0.1) is 15.1 Å². The van der Waals surface area contributed by atoms with Gasteiger partial charge in [-0.15, -0.1) is 11.3 Å². The number of nitro benzene ring substituents is 1. The Morgan fingerprint density at radius 1 is 1.09 bits per heavy atom. The Hall–Kier alpha value is -4.55. The van der Waals surface area contributed by atoms with Crippen molar-refractivity contribution < 1.29 is 9.72 Å². The van der Waals surface area contributed by atoms with Crippen molar-refractivity contribution in [3.8, 4) is 16.6 Å². The molecule has 0 unspecified atom stereocenters. The Morgan fingerprint density at radius 2 is 1.79 bits per heavy atom. The molecule has 33 heavy (non-hydrogen) atoms. The van der Waals surface area contributed by atoms with Crippen LogP contribution in [0.15, 0.2) is 78.5 Å². The number of hydrogen-bond acceptors (Lipinski definition) is 7. The molecule has 3 aromatic carbocycles. The largest absolute Gasteiger partial charge is 0.360 e. The van der Waals surface area contributed by atoms with E-state index >= 15 is 0 Å². The first kappa shape index (κ1) is 21.7. The SMILES string of the molecule is Cc1ccc2nc(-c3ccc(N/C=C(/C#N)C(=O)Nc4ccc([N+](=O)[O-])cc4)cc3)sc2c1. The van der Waals surface area contributed by atoms with Crippen molar-refractivity contribution in [3.05, 3.63) is 94.2 Å². The van der Waals surface area contributed by atoms with Crippen molar-refractivity contribution in [2.45, 2.75) is 6.92 Å². The summed E-state index contributed by atoms with van der Waals surface area (Å²) in [7, 11) is 0. The third-order valence-corrected chi connectivity index (χ3v) is 5.83. The molecule has 0 atom stereocenters. The molecule has 4 rings (SSSR count). The lowest BCUT2D eigenvalue weighted by molar-refractivity contribution is -0.384. The summed E-state index contributed by atoms with van der Waals surface area (Å²) in [5.41, 5.74) is 3.95. The van der Waals surface area contributed by atoms with Crippen molar-refractivity contribution in [1.29, 1.82) is 5.26 Å². The van der Waals surface area contributed by atoms with Crippen LogP contribution in [0.1, 0.15) is 5.56 Å². The number of carbonyl (C=O) groups is 1. The number of non-ortho nitro benzene ring substituents is 1. The zero-order valence-corrected chi connectivity index (χ0v) is 18.2. The Kier molecular flexibility index (Phi) is 6.11. The molecule has 0 spiro atoms. The van der Waals surface area contributed by atoms with Crippen molar-refractivity contribution in [3.63, 3.8) is 0 Å². The van der Waals surface area contributed by atoms with Crippen molar-refractivity contribution in [1.82, 2.24) is 4.98 Å². The van der Waals surface area contributed by atoms with Gasteiger partial charge in [-0.2, -0.15) is 5.26 Å². The van der Waals surface area contributed by atoms with Crippen LogP contribution >= 0.6 is 11.3 Å². The average Bonchev–Trinajstić information content (AvgIpc) is 3.23. The van der Waals surface area contributed by atoms with E-state index in [4.69, 9.17) is 0 Å². The molecule has 0 aliphatic carbocycles. The van der Waals surface area contributed by atoms with Gasteiger partial charge in [0.2, 0.25) is 0 Å². The molecule has 1 amide bonds. The van der Waals surface area contributed by atoms with E-state index in [1.165, 1.54) is 36.0 Å². The standard InChI is InChI=1S/C24H17N5O3S/c1-15-2-11-21-22(12-15)33-24(28-21)16-3-5-18(6-4-16)26-14-17(13-25)23(30)27-19-7-9-20(10-8-19)29(31)32/h2-12,14,26H,1H3,(H,27,30)/b17-14-. The van der Waals surface area contributed by atoms with E-state index in [0.29, 0.717) is 11.4 Å². The van der Waals surface area contributed by atoms with Gasteiger partial charge in [0.25, 0.3) is 11.6 Å². The Morgan fingerprint density at radius 3 is 2.45 bits per heavy atom. The number of aromatic nitrogens is 1. The van der Waals surface area contributed by atoms with Crippen LogP contribution in [0.3, 0.4) is 0 Å². The molecule has 0 radical (unpaired) electrons. The van der Waals surface area contributed by atoms with Gasteiger partial charge in [-0.25, -0.2) is 4.98 Å². The second-order valence-corrected chi connectivity index (χ2v) is 8.17. The first-order chi connectivity index (χ1) is 15.9. The second kappa shape index (κ2) is 9.30. The first-order valence-corrected chi connectivity index (χ1v) is 10.6. The predicted molar refractivity (Wildman–Crippen MR) is 129 cm³/mol. The zero-order valence-electron chi connectivity index (χ0n) is 17.4. The maximum Gasteiger partial charge on any atom is 0.269 e. The highest BCUT2D eigenvalue weighted by atomic mass is 32.1. The van der Waals surface area contributed by atoms with Gasteiger partial charge in [0.1, 0.15) is 16.6 Å². The van der Waals surface area contributed by atoms with E-state index in [9.17, 15) is 20.2 Å². The van der Waals surface area contributed by atoms with Gasteiger partial charge in [-0.05, 0) is 61.0 Å². The summed E-state index contributed by atoms with van der Waals surface area (Å²) in [5.74, 6) is -0.625. The number of nitro groups is 1. The van der Waals surface area contributed by atoms with Gasteiger partial charge in [-0.1, -0.05) is 6.07 Å². The summed E-state index contributed by atoms with van der Waals surface area (Å²) in [5, 5.41) is 26.5. The normalized spacial score (nSPS) is 11.1. The summed E-state index contributed by atoms with van der Waals surface area (Å²) in [4.78, 5) is 27.2. The van der Waals surface area contributed by atoms with Crippen LogP contribution in [0.4, 0.5) is 17.1 Å². The van der Waals surface area contributed by atoms with Gasteiger partial charge in [-0.3, -0.25) is 14.9 Å². The van der Waals surface area contributed by atoms with Crippen LogP contribution in [0, 0.1) is 28.4 Å². The highest BCUT2D eigenvalue weighted by Crippen LogP contribution is 2.31. The second-order valence-electron chi connectivity index (χ2n) is 7.14. The molecule has 9 heteroatoms. The number of rotatable bonds is 6. The summed E-state index contributed by atoms with van der Waals surface area (Å²) < 4.78 is 1.13. The molecule has 0 bridgehead atoms. The van der Waals surface area contributed by atoms with Crippen LogP contribution < -0.4 is 10.6 Å². The molecular weight excluding hydrogens is 438 g/mol. The Labute approximate surface area is 193 Å². The fraction of sp³-hybridized carbons (Fsp3) is 0.0417. The fourth-order valence-corrected chi connectivity index (χ4v) is 4.10. The summed E-state index contributed by atoms with van der Waals surface area (Å²) >= 11 is 1.62. The van der Waals surface area contributed by atoms with E-state index < -0.39 is 10.8 Å². The van der Waals surface area contributed by atoms with E-state index in [0.717, 1.165) is 20.8 Å². The zero-order chi connectivity index (χ0) is 23.4. The third kappa shape index (κ3) is 5.03. The highest BCUT2D eigenvalue weighted by molar-refractivity contribution is 7.21. The Balaban J connectivity index is 1.43. The van der Waals surface area contributed by atoms with Crippen molar-refractivity contribution in [2.75, 3.05) is 10.6 Å². The number of nitriles is 1. The molecule has 1 aromatic heterocycles. The van der Waals surface area contributed by atoms with E-state index in [-0.39, 0.29) is 11.3 Å². The molecule has 1 heterocycles. The molecule has 0 aliphatic rings. The number of benzene rings is 3. The number of fused-ring (bicyclic) bond motifs is 1. The number of carbonyl (C=O) groups excluding carboxylic acids is 1. The maximum absolute atomic E-state index is 12.3. The molecule has 162 valence electrons. The smallest absolute Gasteiger partial charge is 0.269 e. The lowest BCUT2D eigenvalue weighted by Crippen LogP contribution is -2.14. The van der Waals surface area contributed by atoms with Crippen LogP contribution in [0.5, 0.6) is 0 Å². The molecular formula is C24H17N5O3S. The Bertz CT molecular complexity index is 1420. The summed E-state index contributed by atoms with van der Waals surface area (Å²) in [6.45, 7) is 2.05. The highest BCUT2D eigenvalue weighted by Gasteiger charge is 2.11. The third-order valence-electron chi connectivity index (χ3n) is 4.76. The number of nitrogens with zero attached hydrogens (tertiary/aromatic N) is 3. The topological polar surface area (TPSA) is 121 Å². The van der Waals surface area contributed by atoms with Crippen LogP contribution in [0.2, 0.25) is 0 Å². The van der Waals surface area contributed by atoms with Gasteiger partial charge in [0.15, 0.2) is 0 Å². The predicted octanol–water partition coefficient (Wildman–Crippen LogP) is 5.64. The first-order valence-electron chi connectivity index (χ1n) is 9.83. The minimum atomic E-state index is -0.625. The molecule has 8 nitrogen and oxygen atoms in total. The van der Waals surface area contributed by atoms with Crippen molar-refractivity contribution >= 4 is 44.5 Å². The minimum Gasteiger partial charge on any atom is -0.360 e. The van der Waals surface area contributed by atoms with Crippen molar-refractivity contribution in [2.24, 2.45) is 0 Å². The molecule has 0 fully saturated rings.